The quantitative estimate of drug-likeness (QED) is 0.836. The Morgan fingerprint density at radius 1 is 1.33 bits per heavy atom. The molecule has 2 fully saturated rings. The molecule has 9 heteroatoms. The Hall–Kier alpha value is -3.41. The predicted molar refractivity (Wildman–Crippen MR) is 101 cm³/mol. The van der Waals surface area contributed by atoms with Gasteiger partial charge in [0, 0.05) is 17.7 Å². The summed E-state index contributed by atoms with van der Waals surface area (Å²) in [4.78, 5) is 34.3. The summed E-state index contributed by atoms with van der Waals surface area (Å²) < 4.78 is 29.7. The number of hydrogen-bond donors (Lipinski definition) is 1. The van der Waals surface area contributed by atoms with Crippen molar-refractivity contribution in [2.24, 2.45) is 0 Å². The van der Waals surface area contributed by atoms with Crippen LogP contribution in [0.15, 0.2) is 24.5 Å². The number of carbonyl (C=O) groups excluding carboxylic acids is 2. The van der Waals surface area contributed by atoms with Crippen LogP contribution in [0.4, 0.5) is 14.7 Å². The van der Waals surface area contributed by atoms with Crippen LogP contribution >= 0.6 is 0 Å². The minimum absolute atomic E-state index is 0.00604. The van der Waals surface area contributed by atoms with E-state index in [1.807, 2.05) is 6.07 Å². The van der Waals surface area contributed by atoms with Gasteiger partial charge in [0.2, 0.25) is 11.9 Å². The summed E-state index contributed by atoms with van der Waals surface area (Å²) in [7, 11) is 0. The first-order chi connectivity index (χ1) is 14.4. The van der Waals surface area contributed by atoms with Crippen molar-refractivity contribution in [1.82, 2.24) is 14.9 Å². The molecule has 0 radical (unpaired) electrons. The molecule has 0 unspecified atom stereocenters. The number of nitrogens with one attached hydrogen (secondary N) is 1. The van der Waals surface area contributed by atoms with Gasteiger partial charge in [-0.3, -0.25) is 14.9 Å². The van der Waals surface area contributed by atoms with Gasteiger partial charge in [-0.1, -0.05) is 6.07 Å². The Labute approximate surface area is 170 Å². The topological polar surface area (TPSA) is 99.0 Å². The molecule has 0 saturated heterocycles. The molecule has 2 aliphatic carbocycles. The van der Waals surface area contributed by atoms with Crippen LogP contribution in [0, 0.1) is 17.1 Å². The Morgan fingerprint density at radius 3 is 2.63 bits per heavy atom. The Balaban J connectivity index is 1.39. The highest BCUT2D eigenvalue weighted by Gasteiger charge is 2.62. The maximum Gasteiger partial charge on any atom is 0.254 e. The fourth-order valence-electron chi connectivity index (χ4n) is 4.23. The molecule has 2 atom stereocenters. The zero-order valence-electron chi connectivity index (χ0n) is 15.9. The van der Waals surface area contributed by atoms with Gasteiger partial charge in [0.25, 0.3) is 5.91 Å². The number of carbonyl (C=O) groups is 2. The molecule has 5 rings (SSSR count). The van der Waals surface area contributed by atoms with Gasteiger partial charge in [0.15, 0.2) is 0 Å². The summed E-state index contributed by atoms with van der Waals surface area (Å²) in [5, 5.41) is 11.2. The van der Waals surface area contributed by atoms with Gasteiger partial charge in [-0.15, -0.1) is 0 Å². The first-order valence-corrected chi connectivity index (χ1v) is 9.71. The Morgan fingerprint density at radius 2 is 2.03 bits per heavy atom. The zero-order chi connectivity index (χ0) is 21.0. The number of hydrogen-bond acceptors (Lipinski definition) is 5. The van der Waals surface area contributed by atoms with Crippen molar-refractivity contribution in [3.05, 3.63) is 52.6 Å². The summed E-state index contributed by atoms with van der Waals surface area (Å²) in [6, 6.07) is 5.05. The number of rotatable bonds is 4. The van der Waals surface area contributed by atoms with Crippen molar-refractivity contribution in [3.63, 3.8) is 0 Å². The Bertz CT molecular complexity index is 1110. The highest BCUT2D eigenvalue weighted by molar-refractivity contribution is 6.01. The van der Waals surface area contributed by atoms with E-state index in [2.05, 4.69) is 15.3 Å². The Kier molecular flexibility index (Phi) is 4.07. The minimum atomic E-state index is -1.25. The smallest absolute Gasteiger partial charge is 0.254 e. The van der Waals surface area contributed by atoms with E-state index in [9.17, 15) is 14.0 Å². The lowest BCUT2D eigenvalue weighted by atomic mass is 9.83. The van der Waals surface area contributed by atoms with Crippen LogP contribution in [0.2, 0.25) is 0 Å². The molecule has 0 bridgehead atoms. The number of nitriles is 1. The molecule has 1 aromatic carbocycles. The third-order valence-corrected chi connectivity index (χ3v) is 6.03. The zero-order valence-corrected chi connectivity index (χ0v) is 15.9. The van der Waals surface area contributed by atoms with Crippen molar-refractivity contribution in [2.45, 2.75) is 36.8 Å². The monoisotopic (exact) mass is 409 g/mol. The molecule has 30 heavy (non-hydrogen) atoms. The molecule has 1 N–H and O–H groups in total. The lowest BCUT2D eigenvalue weighted by molar-refractivity contribution is -0.117. The van der Waals surface area contributed by atoms with E-state index in [0.29, 0.717) is 5.56 Å². The fraction of sp³-hybridized carbons (Fsp3) is 0.381. The second-order valence-corrected chi connectivity index (χ2v) is 8.11. The summed E-state index contributed by atoms with van der Waals surface area (Å²) in [6.07, 6.45) is 3.21. The van der Waals surface area contributed by atoms with Crippen LogP contribution < -0.4 is 5.32 Å². The molecule has 2 aromatic rings. The van der Waals surface area contributed by atoms with Crippen LogP contribution in [-0.2, 0) is 10.2 Å². The predicted octanol–water partition coefficient (Wildman–Crippen LogP) is 2.44. The normalized spacial score (nSPS) is 24.4. The average Bonchev–Trinajstić information content (AvgIpc) is 3.65. The second kappa shape index (κ2) is 6.55. The van der Waals surface area contributed by atoms with Gasteiger partial charge in [0.1, 0.15) is 24.6 Å². The van der Waals surface area contributed by atoms with Gasteiger partial charge < -0.3 is 4.90 Å². The molecule has 3 aliphatic rings. The molecule has 1 spiro atoms. The number of alkyl halides is 1. The molecule has 7 nitrogen and oxygen atoms in total. The highest BCUT2D eigenvalue weighted by Crippen LogP contribution is 2.56. The maximum atomic E-state index is 15.2. The lowest BCUT2D eigenvalue weighted by Crippen LogP contribution is -2.48. The number of aromatic nitrogens is 2. The molecule has 152 valence electrons. The molecule has 1 aromatic heterocycles. The molecule has 2 heterocycles. The van der Waals surface area contributed by atoms with Gasteiger partial charge in [-0.05, 0) is 36.8 Å². The second-order valence-electron chi connectivity index (χ2n) is 8.11. The van der Waals surface area contributed by atoms with Crippen LogP contribution in [0.3, 0.4) is 0 Å². The molecular formula is C21H17F2N5O2. The molecule has 2 saturated carbocycles. The summed E-state index contributed by atoms with van der Waals surface area (Å²) in [5.41, 5.74) is 0.0307. The van der Waals surface area contributed by atoms with Crippen LogP contribution in [-0.4, -0.2) is 45.9 Å². The largest absolute Gasteiger partial charge is 0.328 e. The molecule has 2 amide bonds. The minimum Gasteiger partial charge on any atom is -0.328 e. The van der Waals surface area contributed by atoms with E-state index in [4.69, 9.17) is 5.26 Å². The highest BCUT2D eigenvalue weighted by atomic mass is 19.1. The molecule has 1 aliphatic heterocycles. The average molecular weight is 409 g/mol. The first-order valence-electron chi connectivity index (χ1n) is 9.71. The number of amides is 2. The van der Waals surface area contributed by atoms with Gasteiger partial charge in [-0.2, -0.15) is 5.26 Å². The SMILES string of the molecule is N#Cc1cnc(NC(=O)CN2C[C@]3(C[C@H]3F)c3c(ccc(C4CC4)c3F)C2=O)nc1. The van der Waals surface area contributed by atoms with Gasteiger partial charge >= 0.3 is 0 Å². The third-order valence-electron chi connectivity index (χ3n) is 6.03. The number of fused-ring (bicyclic) bond motifs is 2. The standard InChI is InChI=1S/C21H17F2N5O2/c22-15-5-21(15)10-28(9-16(29)27-20-25-7-11(6-24)8-26-20)19(30)14-4-3-13(12-1-2-12)18(23)17(14)21/h3-4,7-8,12,15H,1-2,5,9-10H2,(H,25,26,27,29)/t15-,21+/m1/s1. The number of halogens is 2. The van der Waals surface area contributed by atoms with E-state index in [1.165, 1.54) is 17.3 Å². The molecular weight excluding hydrogens is 392 g/mol. The van der Waals surface area contributed by atoms with Crippen molar-refractivity contribution >= 4 is 17.8 Å². The number of anilines is 1. The van der Waals surface area contributed by atoms with E-state index in [0.717, 1.165) is 12.8 Å². The van der Waals surface area contributed by atoms with Crippen LogP contribution in [0.25, 0.3) is 0 Å². The third kappa shape index (κ3) is 2.91. The maximum absolute atomic E-state index is 15.2. The van der Waals surface area contributed by atoms with Crippen LogP contribution in [0.1, 0.15) is 52.2 Å². The summed E-state index contributed by atoms with van der Waals surface area (Å²) in [6.45, 7) is -0.380. The lowest BCUT2D eigenvalue weighted by Gasteiger charge is -2.35. The van der Waals surface area contributed by atoms with E-state index in [-0.39, 0.29) is 48.1 Å². The van der Waals surface area contributed by atoms with E-state index < -0.39 is 29.2 Å². The van der Waals surface area contributed by atoms with Gasteiger partial charge in [-0.25, -0.2) is 18.7 Å². The summed E-state index contributed by atoms with van der Waals surface area (Å²) in [5.74, 6) is -1.37. The van der Waals surface area contributed by atoms with Crippen molar-refractivity contribution < 1.29 is 18.4 Å². The van der Waals surface area contributed by atoms with E-state index >= 15 is 4.39 Å². The van der Waals surface area contributed by atoms with E-state index in [1.54, 1.807) is 12.1 Å². The first kappa shape index (κ1) is 18.6. The summed E-state index contributed by atoms with van der Waals surface area (Å²) >= 11 is 0. The van der Waals surface area contributed by atoms with Crippen molar-refractivity contribution in [2.75, 3.05) is 18.4 Å². The van der Waals surface area contributed by atoms with Gasteiger partial charge in [0.05, 0.1) is 23.4 Å². The van der Waals surface area contributed by atoms with Crippen molar-refractivity contribution in [3.8, 4) is 6.07 Å². The number of benzene rings is 1. The van der Waals surface area contributed by atoms with Crippen LogP contribution in [0.5, 0.6) is 0 Å². The number of nitrogens with zero attached hydrogens (tertiary/aromatic N) is 4. The fourth-order valence-corrected chi connectivity index (χ4v) is 4.23. The van der Waals surface area contributed by atoms with Crippen molar-refractivity contribution in [1.29, 1.82) is 5.26 Å².